The number of nitro groups is 1. The third-order valence-corrected chi connectivity index (χ3v) is 4.94. The summed E-state index contributed by atoms with van der Waals surface area (Å²) >= 11 is 0. The van der Waals surface area contributed by atoms with Gasteiger partial charge < -0.3 is 10.4 Å². The highest BCUT2D eigenvalue weighted by molar-refractivity contribution is 5.86. The van der Waals surface area contributed by atoms with Gasteiger partial charge in [-0.3, -0.25) is 10.1 Å². The van der Waals surface area contributed by atoms with Crippen LogP contribution < -0.4 is 5.32 Å². The van der Waals surface area contributed by atoms with Crippen LogP contribution in [0.3, 0.4) is 0 Å². The molecule has 4 rings (SSSR count). The Morgan fingerprint density at radius 3 is 2.40 bits per heavy atom. The Bertz CT molecular complexity index is 1260. The first-order chi connectivity index (χ1) is 14.4. The predicted molar refractivity (Wildman–Crippen MR) is 116 cm³/mol. The summed E-state index contributed by atoms with van der Waals surface area (Å²) in [6.07, 6.45) is 0. The number of nitrogens with one attached hydrogen (secondary N) is 1. The molecule has 30 heavy (non-hydrogen) atoms. The lowest BCUT2D eigenvalue weighted by Crippen LogP contribution is -2.15. The molecule has 0 spiro atoms. The van der Waals surface area contributed by atoms with E-state index in [2.05, 4.69) is 15.3 Å². The number of aryl methyl sites for hydroxylation is 2. The summed E-state index contributed by atoms with van der Waals surface area (Å²) in [6, 6.07) is 18.7. The Hall–Kier alpha value is -4.00. The molecule has 2 aromatic carbocycles. The van der Waals surface area contributed by atoms with Gasteiger partial charge in [0.15, 0.2) is 0 Å². The molecule has 0 saturated carbocycles. The van der Waals surface area contributed by atoms with Crippen molar-refractivity contribution in [1.29, 1.82) is 0 Å². The maximum absolute atomic E-state index is 11.7. The summed E-state index contributed by atoms with van der Waals surface area (Å²) in [5, 5.41) is 26.8. The summed E-state index contributed by atoms with van der Waals surface area (Å²) in [4.78, 5) is 20.2. The highest BCUT2D eigenvalue weighted by Crippen LogP contribution is 2.39. The van der Waals surface area contributed by atoms with Gasteiger partial charge in [-0.25, -0.2) is 9.97 Å². The Labute approximate surface area is 173 Å². The molecule has 2 aromatic heterocycles. The molecular formula is C23H20N4O3. The van der Waals surface area contributed by atoms with Gasteiger partial charge in [0, 0.05) is 28.4 Å². The molecule has 2 N–H and O–H groups in total. The second kappa shape index (κ2) is 7.79. The third kappa shape index (κ3) is 3.65. The zero-order valence-corrected chi connectivity index (χ0v) is 16.5. The van der Waals surface area contributed by atoms with Crippen LogP contribution in [0.1, 0.15) is 28.6 Å². The number of phenolic OH excluding ortho intramolecular Hbond substituents is 1. The van der Waals surface area contributed by atoms with Crippen LogP contribution in [0, 0.1) is 24.0 Å². The molecule has 0 amide bonds. The molecule has 0 bridgehead atoms. The summed E-state index contributed by atoms with van der Waals surface area (Å²) in [6.45, 7) is 3.71. The minimum absolute atomic E-state index is 0.0143. The molecule has 0 aliphatic heterocycles. The SMILES string of the molecule is Cc1cccc(N[C@H](c2ccccc2[N+](=O)[O-])c2ccc3ccc(C)nc3c2O)n1. The summed E-state index contributed by atoms with van der Waals surface area (Å²) in [5.41, 5.74) is 2.90. The Kier molecular flexibility index (Phi) is 5.02. The number of benzene rings is 2. The number of rotatable bonds is 5. The molecule has 1 atom stereocenters. The molecule has 0 unspecified atom stereocenters. The van der Waals surface area contributed by atoms with Gasteiger partial charge in [-0.05, 0) is 38.1 Å². The molecule has 0 aliphatic rings. The van der Waals surface area contributed by atoms with Crippen molar-refractivity contribution in [2.75, 3.05) is 5.32 Å². The molecule has 7 nitrogen and oxygen atoms in total. The van der Waals surface area contributed by atoms with E-state index in [1.165, 1.54) is 6.07 Å². The maximum atomic E-state index is 11.7. The zero-order valence-electron chi connectivity index (χ0n) is 16.5. The Balaban J connectivity index is 1.93. The number of pyridine rings is 2. The normalized spacial score (nSPS) is 11.9. The van der Waals surface area contributed by atoms with Crippen LogP contribution in [0.5, 0.6) is 5.75 Å². The summed E-state index contributed by atoms with van der Waals surface area (Å²) < 4.78 is 0. The second-order valence-corrected chi connectivity index (χ2v) is 7.09. The topological polar surface area (TPSA) is 101 Å². The molecule has 0 aliphatic carbocycles. The van der Waals surface area contributed by atoms with Gasteiger partial charge >= 0.3 is 0 Å². The van der Waals surface area contributed by atoms with Crippen molar-refractivity contribution in [2.24, 2.45) is 0 Å². The smallest absolute Gasteiger partial charge is 0.275 e. The van der Waals surface area contributed by atoms with Gasteiger partial charge in [0.1, 0.15) is 17.1 Å². The van der Waals surface area contributed by atoms with Gasteiger partial charge in [-0.1, -0.05) is 36.4 Å². The number of para-hydroxylation sites is 1. The van der Waals surface area contributed by atoms with Gasteiger partial charge in [-0.15, -0.1) is 0 Å². The van der Waals surface area contributed by atoms with E-state index in [9.17, 15) is 15.2 Å². The molecule has 0 saturated heterocycles. The highest BCUT2D eigenvalue weighted by atomic mass is 16.6. The largest absolute Gasteiger partial charge is 0.505 e. The zero-order chi connectivity index (χ0) is 21.3. The van der Waals surface area contributed by atoms with Crippen molar-refractivity contribution in [2.45, 2.75) is 19.9 Å². The highest BCUT2D eigenvalue weighted by Gasteiger charge is 2.27. The van der Waals surface area contributed by atoms with Crippen molar-refractivity contribution in [1.82, 2.24) is 9.97 Å². The van der Waals surface area contributed by atoms with Crippen molar-refractivity contribution < 1.29 is 10.0 Å². The number of aromatic nitrogens is 2. The minimum Gasteiger partial charge on any atom is -0.505 e. The van der Waals surface area contributed by atoms with Crippen molar-refractivity contribution in [3.8, 4) is 5.75 Å². The van der Waals surface area contributed by atoms with Gasteiger partial charge in [0.05, 0.1) is 16.5 Å². The van der Waals surface area contributed by atoms with E-state index < -0.39 is 11.0 Å². The fourth-order valence-electron chi connectivity index (χ4n) is 3.51. The van der Waals surface area contributed by atoms with Gasteiger partial charge in [0.2, 0.25) is 0 Å². The summed E-state index contributed by atoms with van der Waals surface area (Å²) in [7, 11) is 0. The van der Waals surface area contributed by atoms with Gasteiger partial charge in [-0.2, -0.15) is 0 Å². The standard InChI is InChI=1S/C23H20N4O3/c1-14-6-5-9-20(24-14)26-22(17-7-3-4-8-19(17)27(29)30)18-13-12-16-11-10-15(2)25-21(16)23(18)28/h3-13,22,28H,1-2H3,(H,24,26)/t22-/m1/s1. The molecule has 150 valence electrons. The quantitative estimate of drug-likeness (QED) is 0.359. The molecule has 2 heterocycles. The number of fused-ring (bicyclic) bond motifs is 1. The predicted octanol–water partition coefficient (Wildman–Crippen LogP) is 5.06. The molecule has 4 aromatic rings. The van der Waals surface area contributed by atoms with E-state index in [0.29, 0.717) is 22.5 Å². The number of nitrogens with zero attached hydrogens (tertiary/aromatic N) is 3. The molecule has 7 heteroatoms. The minimum atomic E-state index is -0.701. The van der Waals surface area contributed by atoms with Crippen LogP contribution in [-0.4, -0.2) is 20.0 Å². The average molecular weight is 400 g/mol. The van der Waals surface area contributed by atoms with Crippen LogP contribution in [0.15, 0.2) is 66.7 Å². The van der Waals surface area contributed by atoms with E-state index in [1.54, 1.807) is 30.3 Å². The van der Waals surface area contributed by atoms with E-state index in [4.69, 9.17) is 0 Å². The number of aromatic hydroxyl groups is 1. The average Bonchev–Trinajstić information content (AvgIpc) is 2.73. The number of anilines is 1. The van der Waals surface area contributed by atoms with E-state index in [-0.39, 0.29) is 11.4 Å². The first kappa shape index (κ1) is 19.3. The van der Waals surface area contributed by atoms with Crippen LogP contribution in [0.4, 0.5) is 11.5 Å². The fourth-order valence-corrected chi connectivity index (χ4v) is 3.51. The monoisotopic (exact) mass is 400 g/mol. The number of hydrogen-bond acceptors (Lipinski definition) is 6. The Morgan fingerprint density at radius 2 is 1.63 bits per heavy atom. The van der Waals surface area contributed by atoms with Crippen molar-refractivity contribution in [3.05, 3.63) is 99.4 Å². The first-order valence-corrected chi connectivity index (χ1v) is 9.47. The van der Waals surface area contributed by atoms with Crippen molar-refractivity contribution in [3.63, 3.8) is 0 Å². The molecular weight excluding hydrogens is 380 g/mol. The first-order valence-electron chi connectivity index (χ1n) is 9.47. The van der Waals surface area contributed by atoms with Gasteiger partial charge in [0.25, 0.3) is 5.69 Å². The van der Waals surface area contributed by atoms with Crippen LogP contribution in [0.25, 0.3) is 10.9 Å². The third-order valence-electron chi connectivity index (χ3n) is 4.94. The van der Waals surface area contributed by atoms with E-state index >= 15 is 0 Å². The lowest BCUT2D eigenvalue weighted by atomic mass is 9.95. The maximum Gasteiger partial charge on any atom is 0.275 e. The van der Waals surface area contributed by atoms with Crippen LogP contribution in [-0.2, 0) is 0 Å². The number of phenols is 1. The van der Waals surface area contributed by atoms with Crippen molar-refractivity contribution >= 4 is 22.4 Å². The molecule has 0 radical (unpaired) electrons. The lowest BCUT2D eigenvalue weighted by Gasteiger charge is -2.22. The van der Waals surface area contributed by atoms with E-state index in [0.717, 1.165) is 16.8 Å². The van der Waals surface area contributed by atoms with Crippen LogP contribution in [0.2, 0.25) is 0 Å². The Morgan fingerprint density at radius 1 is 0.900 bits per heavy atom. The number of hydrogen-bond donors (Lipinski definition) is 2. The van der Waals surface area contributed by atoms with Crippen LogP contribution >= 0.6 is 0 Å². The second-order valence-electron chi connectivity index (χ2n) is 7.09. The molecule has 0 fully saturated rings. The van der Waals surface area contributed by atoms with E-state index in [1.807, 2.05) is 44.2 Å². The number of nitro benzene ring substituents is 1. The summed E-state index contributed by atoms with van der Waals surface area (Å²) in [5.74, 6) is 0.536. The lowest BCUT2D eigenvalue weighted by molar-refractivity contribution is -0.385. The fraction of sp³-hybridized carbons (Fsp3) is 0.130.